The largest absolute Gasteiger partial charge is 0.314 e. The Labute approximate surface area is 119 Å². The van der Waals surface area contributed by atoms with Crippen molar-refractivity contribution in [2.75, 3.05) is 26.2 Å². The predicted octanol–water partition coefficient (Wildman–Crippen LogP) is 3.59. The lowest BCUT2D eigenvalue weighted by Gasteiger charge is -2.35. The zero-order valence-corrected chi connectivity index (χ0v) is 12.7. The van der Waals surface area contributed by atoms with Crippen LogP contribution in [0.25, 0.3) is 0 Å². The molecule has 2 nitrogen and oxygen atoms in total. The van der Waals surface area contributed by atoms with Crippen molar-refractivity contribution in [3.8, 4) is 0 Å². The molecular weight excluding hydrogens is 288 g/mol. The molecule has 0 radical (unpaired) electrons. The fourth-order valence-corrected chi connectivity index (χ4v) is 3.22. The molecule has 1 aliphatic rings. The minimum Gasteiger partial charge on any atom is -0.314 e. The highest BCUT2D eigenvalue weighted by atomic mass is 79.9. The second-order valence-corrected chi connectivity index (χ2v) is 5.82. The molecule has 1 aliphatic heterocycles. The lowest BCUT2D eigenvalue weighted by Crippen LogP contribution is -2.45. The molecule has 0 spiro atoms. The Morgan fingerprint density at radius 1 is 1.28 bits per heavy atom. The van der Waals surface area contributed by atoms with E-state index >= 15 is 0 Å². The van der Waals surface area contributed by atoms with E-state index in [0.717, 1.165) is 26.2 Å². The summed E-state index contributed by atoms with van der Waals surface area (Å²) in [6.45, 7) is 6.83. The predicted molar refractivity (Wildman–Crippen MR) is 80.9 cm³/mol. The summed E-state index contributed by atoms with van der Waals surface area (Å²) in [5, 5.41) is 3.44. The molecule has 0 amide bonds. The van der Waals surface area contributed by atoms with E-state index in [1.807, 2.05) is 0 Å². The average molecular weight is 311 g/mol. The Balaban J connectivity index is 2.15. The van der Waals surface area contributed by atoms with E-state index in [0.29, 0.717) is 6.04 Å². The molecule has 1 aromatic rings. The number of halogens is 1. The highest BCUT2D eigenvalue weighted by Crippen LogP contribution is 2.31. The third-order valence-corrected chi connectivity index (χ3v) is 4.41. The third kappa shape index (κ3) is 3.56. The SMILES string of the molecule is CCCCC(c1ccccc1Br)N1CCNCC1. The van der Waals surface area contributed by atoms with Crippen molar-refractivity contribution in [1.29, 1.82) is 0 Å². The summed E-state index contributed by atoms with van der Waals surface area (Å²) in [6, 6.07) is 9.26. The van der Waals surface area contributed by atoms with Crippen LogP contribution in [0.15, 0.2) is 28.7 Å². The number of nitrogens with one attached hydrogen (secondary N) is 1. The summed E-state index contributed by atoms with van der Waals surface area (Å²) in [7, 11) is 0. The molecule has 1 N–H and O–H groups in total. The summed E-state index contributed by atoms with van der Waals surface area (Å²) >= 11 is 3.71. The van der Waals surface area contributed by atoms with E-state index in [2.05, 4.69) is 57.3 Å². The summed E-state index contributed by atoms with van der Waals surface area (Å²) in [5.74, 6) is 0. The number of rotatable bonds is 5. The Kier molecular flexibility index (Phi) is 5.67. The van der Waals surface area contributed by atoms with Gasteiger partial charge in [-0.25, -0.2) is 0 Å². The van der Waals surface area contributed by atoms with E-state index in [4.69, 9.17) is 0 Å². The summed E-state index contributed by atoms with van der Waals surface area (Å²) in [6.07, 6.45) is 3.84. The van der Waals surface area contributed by atoms with Gasteiger partial charge in [0.05, 0.1) is 0 Å². The van der Waals surface area contributed by atoms with E-state index in [1.54, 1.807) is 0 Å². The van der Waals surface area contributed by atoms with Gasteiger partial charge in [0.15, 0.2) is 0 Å². The van der Waals surface area contributed by atoms with Gasteiger partial charge in [-0.2, -0.15) is 0 Å². The number of hydrogen-bond acceptors (Lipinski definition) is 2. The smallest absolute Gasteiger partial charge is 0.0360 e. The number of unbranched alkanes of at least 4 members (excludes halogenated alkanes) is 1. The molecule has 18 heavy (non-hydrogen) atoms. The monoisotopic (exact) mass is 310 g/mol. The van der Waals surface area contributed by atoms with Crippen molar-refractivity contribution in [3.63, 3.8) is 0 Å². The fourth-order valence-electron chi connectivity index (χ4n) is 2.67. The Morgan fingerprint density at radius 3 is 2.67 bits per heavy atom. The first-order valence-electron chi connectivity index (χ1n) is 7.02. The molecule has 3 heteroatoms. The van der Waals surface area contributed by atoms with Gasteiger partial charge in [-0.15, -0.1) is 0 Å². The Morgan fingerprint density at radius 2 is 2.00 bits per heavy atom. The van der Waals surface area contributed by atoms with Gasteiger partial charge >= 0.3 is 0 Å². The number of hydrogen-bond donors (Lipinski definition) is 1. The second kappa shape index (κ2) is 7.27. The number of nitrogens with zero attached hydrogens (tertiary/aromatic N) is 1. The first-order chi connectivity index (χ1) is 8.83. The molecule has 1 atom stereocenters. The van der Waals surface area contributed by atoms with Gasteiger partial charge in [-0.1, -0.05) is 53.9 Å². The maximum absolute atomic E-state index is 3.71. The minimum atomic E-state index is 0.572. The molecule has 1 unspecified atom stereocenters. The summed E-state index contributed by atoms with van der Waals surface area (Å²) < 4.78 is 1.25. The van der Waals surface area contributed by atoms with Gasteiger partial charge in [-0.05, 0) is 18.1 Å². The standard InChI is InChI=1S/C15H23BrN2/c1-2-3-8-15(18-11-9-17-10-12-18)13-6-4-5-7-14(13)16/h4-7,15,17H,2-3,8-12H2,1H3. The zero-order valence-electron chi connectivity index (χ0n) is 11.2. The number of benzene rings is 1. The molecule has 0 aliphatic carbocycles. The van der Waals surface area contributed by atoms with Gasteiger partial charge in [0.2, 0.25) is 0 Å². The van der Waals surface area contributed by atoms with Crippen molar-refractivity contribution in [2.24, 2.45) is 0 Å². The molecule has 1 saturated heterocycles. The van der Waals surface area contributed by atoms with Crippen molar-refractivity contribution in [1.82, 2.24) is 10.2 Å². The van der Waals surface area contributed by atoms with Crippen LogP contribution in [0.3, 0.4) is 0 Å². The Hall–Kier alpha value is -0.380. The number of piperazine rings is 1. The highest BCUT2D eigenvalue weighted by Gasteiger charge is 2.22. The van der Waals surface area contributed by atoms with Crippen LogP contribution < -0.4 is 5.32 Å². The van der Waals surface area contributed by atoms with Crippen LogP contribution >= 0.6 is 15.9 Å². The third-order valence-electron chi connectivity index (χ3n) is 3.69. The molecule has 1 fully saturated rings. The topological polar surface area (TPSA) is 15.3 Å². The molecule has 0 saturated carbocycles. The quantitative estimate of drug-likeness (QED) is 0.894. The van der Waals surface area contributed by atoms with Crippen molar-refractivity contribution >= 4 is 15.9 Å². The van der Waals surface area contributed by atoms with E-state index in [9.17, 15) is 0 Å². The fraction of sp³-hybridized carbons (Fsp3) is 0.600. The minimum absolute atomic E-state index is 0.572. The van der Waals surface area contributed by atoms with E-state index in [-0.39, 0.29) is 0 Å². The molecule has 0 bridgehead atoms. The van der Waals surface area contributed by atoms with Gasteiger partial charge in [0, 0.05) is 36.7 Å². The van der Waals surface area contributed by atoms with Gasteiger partial charge in [0.25, 0.3) is 0 Å². The van der Waals surface area contributed by atoms with Crippen LogP contribution in [0.5, 0.6) is 0 Å². The van der Waals surface area contributed by atoms with Crippen LogP contribution in [0, 0.1) is 0 Å². The van der Waals surface area contributed by atoms with Crippen LogP contribution in [-0.4, -0.2) is 31.1 Å². The molecule has 1 aromatic carbocycles. The lowest BCUT2D eigenvalue weighted by atomic mass is 9.99. The van der Waals surface area contributed by atoms with Crippen molar-refractivity contribution in [3.05, 3.63) is 34.3 Å². The average Bonchev–Trinajstić information content (AvgIpc) is 2.42. The van der Waals surface area contributed by atoms with Crippen LogP contribution in [0.4, 0.5) is 0 Å². The Bertz CT molecular complexity index is 361. The van der Waals surface area contributed by atoms with Crippen molar-refractivity contribution in [2.45, 2.75) is 32.2 Å². The van der Waals surface area contributed by atoms with Gasteiger partial charge in [0.1, 0.15) is 0 Å². The van der Waals surface area contributed by atoms with Crippen molar-refractivity contribution < 1.29 is 0 Å². The maximum atomic E-state index is 3.71. The van der Waals surface area contributed by atoms with Crippen LogP contribution in [-0.2, 0) is 0 Å². The first-order valence-corrected chi connectivity index (χ1v) is 7.81. The summed E-state index contributed by atoms with van der Waals surface area (Å²) in [4.78, 5) is 2.63. The van der Waals surface area contributed by atoms with Crippen LogP contribution in [0.1, 0.15) is 37.8 Å². The highest BCUT2D eigenvalue weighted by molar-refractivity contribution is 9.10. The molecule has 100 valence electrons. The van der Waals surface area contributed by atoms with E-state index < -0.39 is 0 Å². The first kappa shape index (κ1) is 14.0. The second-order valence-electron chi connectivity index (χ2n) is 4.97. The molecular formula is C15H23BrN2. The van der Waals surface area contributed by atoms with E-state index in [1.165, 1.54) is 29.3 Å². The normalized spacial score (nSPS) is 18.8. The molecule has 1 heterocycles. The zero-order chi connectivity index (χ0) is 12.8. The van der Waals surface area contributed by atoms with Gasteiger partial charge < -0.3 is 5.32 Å². The van der Waals surface area contributed by atoms with Crippen LogP contribution in [0.2, 0.25) is 0 Å². The molecule has 0 aromatic heterocycles. The maximum Gasteiger partial charge on any atom is 0.0360 e. The van der Waals surface area contributed by atoms with Gasteiger partial charge in [-0.3, -0.25) is 4.90 Å². The summed E-state index contributed by atoms with van der Waals surface area (Å²) in [5.41, 5.74) is 1.45. The lowest BCUT2D eigenvalue weighted by molar-refractivity contribution is 0.162. The molecule has 2 rings (SSSR count).